The van der Waals surface area contributed by atoms with Crippen LogP contribution in [0.1, 0.15) is 32.2 Å². The highest BCUT2D eigenvalue weighted by molar-refractivity contribution is 7.09. The lowest BCUT2D eigenvalue weighted by Crippen LogP contribution is -2.18. The quantitative estimate of drug-likeness (QED) is 0.804. The van der Waals surface area contributed by atoms with Gasteiger partial charge in [-0.15, -0.1) is 0 Å². The molecule has 0 aromatic carbocycles. The minimum atomic E-state index is -0.531. The zero-order valence-corrected chi connectivity index (χ0v) is 10.7. The van der Waals surface area contributed by atoms with E-state index in [0.29, 0.717) is 6.54 Å². The largest absolute Gasteiger partial charge is 0.258 e. The summed E-state index contributed by atoms with van der Waals surface area (Å²) in [5.41, 5.74) is -0.531. The Balaban J connectivity index is 3.34. The first-order chi connectivity index (χ1) is 7.61. The van der Waals surface area contributed by atoms with Crippen molar-refractivity contribution < 1.29 is 0 Å². The Hall–Kier alpha value is -1.41. The summed E-state index contributed by atoms with van der Waals surface area (Å²) in [5.74, 6) is 0. The van der Waals surface area contributed by atoms with E-state index in [9.17, 15) is 5.26 Å². The Kier molecular flexibility index (Phi) is 4.02. The van der Waals surface area contributed by atoms with Crippen molar-refractivity contribution in [2.24, 2.45) is 4.99 Å². The Morgan fingerprint density at radius 2 is 2.38 bits per heavy atom. The van der Waals surface area contributed by atoms with Gasteiger partial charge in [0.1, 0.15) is 10.4 Å². The molecule has 0 amide bonds. The van der Waals surface area contributed by atoms with Gasteiger partial charge < -0.3 is 0 Å². The van der Waals surface area contributed by atoms with E-state index in [2.05, 4.69) is 22.7 Å². The molecular formula is C11H16N4S. The van der Waals surface area contributed by atoms with Gasteiger partial charge in [-0.1, -0.05) is 24.8 Å². The van der Waals surface area contributed by atoms with Gasteiger partial charge in [0.05, 0.1) is 6.07 Å². The number of nitrogens with zero attached hydrogens (tertiary/aromatic N) is 4. The van der Waals surface area contributed by atoms with Crippen molar-refractivity contribution in [2.45, 2.75) is 32.6 Å². The second kappa shape index (κ2) is 5.08. The molecular weight excluding hydrogens is 220 g/mol. The number of aromatic nitrogens is 2. The Morgan fingerprint density at radius 3 is 2.81 bits per heavy atom. The first-order valence-electron chi connectivity index (χ1n) is 5.25. The van der Waals surface area contributed by atoms with E-state index in [1.54, 1.807) is 10.9 Å². The molecule has 1 aromatic heterocycles. The van der Waals surface area contributed by atoms with Crippen molar-refractivity contribution in [3.8, 4) is 6.07 Å². The Bertz CT molecular complexity index is 477. The highest BCUT2D eigenvalue weighted by Crippen LogP contribution is 2.26. The molecule has 1 atom stereocenters. The van der Waals surface area contributed by atoms with Gasteiger partial charge in [0.2, 0.25) is 4.80 Å². The lowest BCUT2D eigenvalue weighted by Gasteiger charge is -2.14. The lowest BCUT2D eigenvalue weighted by molar-refractivity contribution is 0.570. The van der Waals surface area contributed by atoms with Gasteiger partial charge in [0.25, 0.3) is 0 Å². The van der Waals surface area contributed by atoms with Crippen LogP contribution in [0.15, 0.2) is 11.6 Å². The molecule has 0 N–H and O–H groups in total. The Morgan fingerprint density at radius 1 is 1.69 bits per heavy atom. The van der Waals surface area contributed by atoms with Crippen LogP contribution in [0.4, 0.5) is 0 Å². The SMILES string of the molecule is C=Cn1nc(C(C)(C#N)CC)s/c1=N/CC. The number of hydrogen-bond acceptors (Lipinski definition) is 4. The Labute approximate surface area is 99.6 Å². The van der Waals surface area contributed by atoms with Crippen molar-refractivity contribution in [2.75, 3.05) is 6.54 Å². The molecule has 0 aliphatic heterocycles. The van der Waals surface area contributed by atoms with Crippen LogP contribution in [0.5, 0.6) is 0 Å². The van der Waals surface area contributed by atoms with E-state index in [0.717, 1.165) is 16.2 Å². The summed E-state index contributed by atoms with van der Waals surface area (Å²) in [6.45, 7) is 10.2. The summed E-state index contributed by atoms with van der Waals surface area (Å²) in [4.78, 5) is 5.11. The van der Waals surface area contributed by atoms with Gasteiger partial charge >= 0.3 is 0 Å². The lowest BCUT2D eigenvalue weighted by atomic mass is 9.91. The summed E-state index contributed by atoms with van der Waals surface area (Å²) < 4.78 is 1.63. The van der Waals surface area contributed by atoms with E-state index in [4.69, 9.17) is 0 Å². The predicted octanol–water partition coefficient (Wildman–Crippen LogP) is 2.16. The summed E-state index contributed by atoms with van der Waals surface area (Å²) in [5, 5.41) is 14.4. The normalized spacial score (nSPS) is 15.5. The van der Waals surface area contributed by atoms with Crippen LogP contribution in [0, 0.1) is 11.3 Å². The third-order valence-corrected chi connectivity index (χ3v) is 3.70. The van der Waals surface area contributed by atoms with E-state index < -0.39 is 5.41 Å². The first kappa shape index (κ1) is 12.7. The van der Waals surface area contributed by atoms with Gasteiger partial charge in [-0.3, -0.25) is 4.99 Å². The van der Waals surface area contributed by atoms with Gasteiger partial charge in [-0.05, 0) is 20.3 Å². The molecule has 5 heteroatoms. The third-order valence-electron chi connectivity index (χ3n) is 2.47. The van der Waals surface area contributed by atoms with Crippen molar-refractivity contribution in [3.05, 3.63) is 16.4 Å². The van der Waals surface area contributed by atoms with Crippen LogP contribution in [-0.2, 0) is 5.41 Å². The van der Waals surface area contributed by atoms with E-state index >= 15 is 0 Å². The van der Waals surface area contributed by atoms with Gasteiger partial charge in [0.15, 0.2) is 0 Å². The highest BCUT2D eigenvalue weighted by atomic mass is 32.1. The highest BCUT2D eigenvalue weighted by Gasteiger charge is 2.28. The standard InChI is InChI=1S/C11H16N4S/c1-5-11(4,8-12)9-14-15(7-3)10(16-9)13-6-2/h7H,3,5-6H2,1-2,4H3/b13-10+. The predicted molar refractivity (Wildman–Crippen MR) is 65.9 cm³/mol. The first-order valence-corrected chi connectivity index (χ1v) is 6.07. The third kappa shape index (κ3) is 2.22. The molecule has 1 heterocycles. The number of rotatable bonds is 4. The molecule has 0 bridgehead atoms. The molecule has 0 fully saturated rings. The number of nitriles is 1. The molecule has 16 heavy (non-hydrogen) atoms. The van der Waals surface area contributed by atoms with Crippen LogP contribution in [0.25, 0.3) is 6.20 Å². The van der Waals surface area contributed by atoms with Gasteiger partial charge in [-0.2, -0.15) is 10.4 Å². The minimum Gasteiger partial charge on any atom is -0.258 e. The average Bonchev–Trinajstić information content (AvgIpc) is 2.72. The van der Waals surface area contributed by atoms with Crippen LogP contribution in [-0.4, -0.2) is 16.3 Å². The van der Waals surface area contributed by atoms with Crippen molar-refractivity contribution >= 4 is 17.5 Å². The van der Waals surface area contributed by atoms with Gasteiger partial charge in [-0.25, -0.2) is 4.68 Å². The summed E-state index contributed by atoms with van der Waals surface area (Å²) in [7, 11) is 0. The van der Waals surface area contributed by atoms with Crippen molar-refractivity contribution in [1.29, 1.82) is 5.26 Å². The maximum Gasteiger partial charge on any atom is 0.207 e. The molecule has 1 rings (SSSR count). The van der Waals surface area contributed by atoms with Crippen molar-refractivity contribution in [1.82, 2.24) is 9.78 Å². The second-order valence-electron chi connectivity index (χ2n) is 3.59. The summed E-state index contributed by atoms with van der Waals surface area (Å²) in [6.07, 6.45) is 2.35. The van der Waals surface area contributed by atoms with Crippen LogP contribution in [0.2, 0.25) is 0 Å². The minimum absolute atomic E-state index is 0.531. The van der Waals surface area contributed by atoms with E-state index in [-0.39, 0.29) is 0 Å². The summed E-state index contributed by atoms with van der Waals surface area (Å²) >= 11 is 1.46. The molecule has 1 unspecified atom stereocenters. The molecule has 0 saturated carbocycles. The maximum atomic E-state index is 9.19. The molecule has 0 aliphatic rings. The van der Waals surface area contributed by atoms with E-state index in [1.165, 1.54) is 11.3 Å². The fraction of sp³-hybridized carbons (Fsp3) is 0.545. The molecule has 4 nitrogen and oxygen atoms in total. The topological polar surface area (TPSA) is 54.0 Å². The van der Waals surface area contributed by atoms with Crippen LogP contribution in [0.3, 0.4) is 0 Å². The fourth-order valence-electron chi connectivity index (χ4n) is 1.15. The second-order valence-corrected chi connectivity index (χ2v) is 4.54. The molecule has 0 spiro atoms. The molecule has 1 aromatic rings. The molecule has 0 radical (unpaired) electrons. The van der Waals surface area contributed by atoms with E-state index in [1.807, 2.05) is 20.8 Å². The zero-order chi connectivity index (χ0) is 12.2. The average molecular weight is 236 g/mol. The number of hydrogen-bond donors (Lipinski definition) is 0. The summed E-state index contributed by atoms with van der Waals surface area (Å²) in [6, 6.07) is 2.31. The molecule has 0 saturated heterocycles. The smallest absolute Gasteiger partial charge is 0.207 e. The van der Waals surface area contributed by atoms with Crippen LogP contribution >= 0.6 is 11.3 Å². The monoisotopic (exact) mass is 236 g/mol. The fourth-order valence-corrected chi connectivity index (χ4v) is 2.27. The zero-order valence-electron chi connectivity index (χ0n) is 9.90. The van der Waals surface area contributed by atoms with Crippen molar-refractivity contribution in [3.63, 3.8) is 0 Å². The molecule has 86 valence electrons. The molecule has 0 aliphatic carbocycles. The van der Waals surface area contributed by atoms with Gasteiger partial charge in [0, 0.05) is 12.7 Å². The maximum absolute atomic E-state index is 9.19. The van der Waals surface area contributed by atoms with Crippen LogP contribution < -0.4 is 4.80 Å².